The van der Waals surface area contributed by atoms with Gasteiger partial charge in [0.05, 0.1) is 17.6 Å². The van der Waals surface area contributed by atoms with Gasteiger partial charge in [-0.3, -0.25) is 14.3 Å². The number of aromatic amines is 1. The minimum atomic E-state index is 0.00532. The molecule has 0 aromatic carbocycles. The zero-order valence-electron chi connectivity index (χ0n) is 10.7. The SMILES string of the molecule is CCC(=O)c1[nH]c(-c2cnn(C)c2)c(C=O)c1C. The van der Waals surface area contributed by atoms with E-state index in [-0.39, 0.29) is 5.78 Å². The van der Waals surface area contributed by atoms with Gasteiger partial charge in [-0.15, -0.1) is 0 Å². The smallest absolute Gasteiger partial charge is 0.179 e. The Hall–Kier alpha value is -2.17. The summed E-state index contributed by atoms with van der Waals surface area (Å²) in [5, 5.41) is 4.07. The summed E-state index contributed by atoms with van der Waals surface area (Å²) >= 11 is 0. The van der Waals surface area contributed by atoms with E-state index in [1.807, 2.05) is 0 Å². The summed E-state index contributed by atoms with van der Waals surface area (Å²) < 4.78 is 1.65. The Morgan fingerprint density at radius 3 is 2.78 bits per heavy atom. The second kappa shape index (κ2) is 4.60. The molecule has 0 atom stereocenters. The van der Waals surface area contributed by atoms with Gasteiger partial charge in [0.15, 0.2) is 12.1 Å². The Labute approximate surface area is 105 Å². The van der Waals surface area contributed by atoms with Crippen molar-refractivity contribution in [3.05, 3.63) is 29.2 Å². The lowest BCUT2D eigenvalue weighted by atomic mass is 10.1. The van der Waals surface area contributed by atoms with Crippen LogP contribution in [0.3, 0.4) is 0 Å². The van der Waals surface area contributed by atoms with Crippen molar-refractivity contribution >= 4 is 12.1 Å². The maximum atomic E-state index is 11.8. The lowest BCUT2D eigenvalue weighted by Gasteiger charge is -1.94. The van der Waals surface area contributed by atoms with Crippen molar-refractivity contribution in [1.82, 2.24) is 14.8 Å². The van der Waals surface area contributed by atoms with E-state index in [1.165, 1.54) is 0 Å². The number of hydrogen-bond acceptors (Lipinski definition) is 3. The van der Waals surface area contributed by atoms with Crippen LogP contribution in [0.2, 0.25) is 0 Å². The number of hydrogen-bond donors (Lipinski definition) is 1. The van der Waals surface area contributed by atoms with E-state index in [4.69, 9.17) is 0 Å². The maximum Gasteiger partial charge on any atom is 0.179 e. The molecule has 0 amide bonds. The molecule has 2 aromatic rings. The molecule has 0 saturated carbocycles. The Morgan fingerprint density at radius 2 is 2.28 bits per heavy atom. The van der Waals surface area contributed by atoms with Gasteiger partial charge in [0.25, 0.3) is 0 Å². The molecule has 0 saturated heterocycles. The van der Waals surface area contributed by atoms with Gasteiger partial charge in [0.1, 0.15) is 0 Å². The minimum Gasteiger partial charge on any atom is -0.351 e. The van der Waals surface area contributed by atoms with E-state index in [2.05, 4.69) is 10.1 Å². The number of rotatable bonds is 4. The molecule has 0 aliphatic rings. The van der Waals surface area contributed by atoms with Gasteiger partial charge in [-0.1, -0.05) is 6.92 Å². The number of Topliss-reactive ketones (excluding diaryl/α,β-unsaturated/α-hetero) is 1. The number of aromatic nitrogens is 3. The lowest BCUT2D eigenvalue weighted by Crippen LogP contribution is -1.99. The number of carbonyl (C=O) groups is 2. The number of nitrogens with one attached hydrogen (secondary N) is 1. The van der Waals surface area contributed by atoms with Gasteiger partial charge < -0.3 is 4.98 Å². The number of aryl methyl sites for hydroxylation is 1. The molecular weight excluding hydrogens is 230 g/mol. The zero-order valence-corrected chi connectivity index (χ0v) is 10.7. The first-order valence-corrected chi connectivity index (χ1v) is 5.78. The van der Waals surface area contributed by atoms with Crippen molar-refractivity contribution in [2.45, 2.75) is 20.3 Å². The predicted octanol–water partition coefficient (Wildman–Crippen LogP) is 2.13. The first-order valence-electron chi connectivity index (χ1n) is 5.78. The predicted molar refractivity (Wildman–Crippen MR) is 67.7 cm³/mol. The molecule has 0 bridgehead atoms. The normalized spacial score (nSPS) is 10.6. The Kier molecular flexibility index (Phi) is 3.14. The van der Waals surface area contributed by atoms with E-state index in [0.29, 0.717) is 28.9 Å². The van der Waals surface area contributed by atoms with Crippen LogP contribution in [-0.4, -0.2) is 26.8 Å². The van der Waals surface area contributed by atoms with Crippen LogP contribution in [0, 0.1) is 6.92 Å². The molecule has 0 radical (unpaired) electrons. The average Bonchev–Trinajstić information content (AvgIpc) is 2.92. The fourth-order valence-electron chi connectivity index (χ4n) is 1.99. The number of aldehydes is 1. The van der Waals surface area contributed by atoms with Crippen LogP contribution in [0.5, 0.6) is 0 Å². The molecule has 0 spiro atoms. The Bertz CT molecular complexity index is 608. The van der Waals surface area contributed by atoms with E-state index in [9.17, 15) is 9.59 Å². The van der Waals surface area contributed by atoms with Gasteiger partial charge in [-0.05, 0) is 12.5 Å². The van der Waals surface area contributed by atoms with Crippen LogP contribution in [0.25, 0.3) is 11.3 Å². The molecule has 5 nitrogen and oxygen atoms in total. The zero-order chi connectivity index (χ0) is 13.3. The van der Waals surface area contributed by atoms with Gasteiger partial charge in [0.2, 0.25) is 0 Å². The fourth-order valence-corrected chi connectivity index (χ4v) is 1.99. The van der Waals surface area contributed by atoms with E-state index in [1.54, 1.807) is 38.0 Å². The van der Waals surface area contributed by atoms with Gasteiger partial charge in [0, 0.05) is 30.8 Å². The van der Waals surface area contributed by atoms with Crippen molar-refractivity contribution < 1.29 is 9.59 Å². The summed E-state index contributed by atoms with van der Waals surface area (Å²) in [7, 11) is 1.80. The standard InChI is InChI=1S/C13H15N3O2/c1-4-11(18)12-8(2)10(7-17)13(15-12)9-5-14-16(3)6-9/h5-7,15H,4H2,1-3H3. The molecular formula is C13H15N3O2. The molecule has 0 aliphatic heterocycles. The lowest BCUT2D eigenvalue weighted by molar-refractivity contribution is 0.0983. The highest BCUT2D eigenvalue weighted by molar-refractivity contribution is 6.01. The van der Waals surface area contributed by atoms with Crippen LogP contribution in [0.4, 0.5) is 0 Å². The number of H-pyrrole nitrogens is 1. The quantitative estimate of drug-likeness (QED) is 0.662. The Balaban J connectivity index is 2.61. The first kappa shape index (κ1) is 12.3. The third-order valence-corrected chi connectivity index (χ3v) is 3.01. The molecule has 0 aliphatic carbocycles. The molecule has 0 unspecified atom stereocenters. The summed E-state index contributed by atoms with van der Waals surface area (Å²) in [5.74, 6) is 0.00532. The first-order chi connectivity index (χ1) is 8.58. The fraction of sp³-hybridized carbons (Fsp3) is 0.308. The number of nitrogens with zero attached hydrogens (tertiary/aromatic N) is 2. The second-order valence-electron chi connectivity index (χ2n) is 4.21. The highest BCUT2D eigenvalue weighted by Crippen LogP contribution is 2.26. The number of ketones is 1. The molecule has 94 valence electrons. The molecule has 5 heteroatoms. The van der Waals surface area contributed by atoms with E-state index < -0.39 is 0 Å². The van der Waals surface area contributed by atoms with Crippen molar-refractivity contribution in [2.24, 2.45) is 7.05 Å². The third kappa shape index (κ3) is 1.88. The summed E-state index contributed by atoms with van der Waals surface area (Å²) in [4.78, 5) is 26.0. The van der Waals surface area contributed by atoms with Crippen molar-refractivity contribution in [1.29, 1.82) is 0 Å². The molecule has 2 heterocycles. The largest absolute Gasteiger partial charge is 0.351 e. The van der Waals surface area contributed by atoms with E-state index >= 15 is 0 Å². The topological polar surface area (TPSA) is 67.8 Å². The van der Waals surface area contributed by atoms with Crippen molar-refractivity contribution in [2.75, 3.05) is 0 Å². The highest BCUT2D eigenvalue weighted by atomic mass is 16.1. The van der Waals surface area contributed by atoms with Crippen LogP contribution in [0.15, 0.2) is 12.4 Å². The summed E-state index contributed by atoms with van der Waals surface area (Å²) in [5.41, 5.74) is 3.21. The van der Waals surface area contributed by atoms with Crippen LogP contribution >= 0.6 is 0 Å². The van der Waals surface area contributed by atoms with Gasteiger partial charge in [-0.2, -0.15) is 5.10 Å². The summed E-state index contributed by atoms with van der Waals surface area (Å²) in [6.07, 6.45) is 4.66. The third-order valence-electron chi connectivity index (χ3n) is 3.01. The van der Waals surface area contributed by atoms with Crippen molar-refractivity contribution in [3.63, 3.8) is 0 Å². The highest BCUT2D eigenvalue weighted by Gasteiger charge is 2.19. The molecule has 18 heavy (non-hydrogen) atoms. The Morgan fingerprint density at radius 1 is 1.56 bits per heavy atom. The van der Waals surface area contributed by atoms with Gasteiger partial charge >= 0.3 is 0 Å². The van der Waals surface area contributed by atoms with E-state index in [0.717, 1.165) is 11.8 Å². The van der Waals surface area contributed by atoms with Crippen molar-refractivity contribution in [3.8, 4) is 11.3 Å². The second-order valence-corrected chi connectivity index (χ2v) is 4.21. The summed E-state index contributed by atoms with van der Waals surface area (Å²) in [6.45, 7) is 3.58. The molecule has 2 aromatic heterocycles. The van der Waals surface area contributed by atoms with Crippen LogP contribution < -0.4 is 0 Å². The average molecular weight is 245 g/mol. The molecule has 2 rings (SSSR count). The number of carbonyl (C=O) groups excluding carboxylic acids is 2. The minimum absolute atomic E-state index is 0.00532. The summed E-state index contributed by atoms with van der Waals surface area (Å²) in [6, 6.07) is 0. The van der Waals surface area contributed by atoms with Crippen LogP contribution in [0.1, 0.15) is 39.8 Å². The monoisotopic (exact) mass is 245 g/mol. The van der Waals surface area contributed by atoms with Crippen LogP contribution in [-0.2, 0) is 7.05 Å². The molecule has 1 N–H and O–H groups in total. The maximum absolute atomic E-state index is 11.8. The van der Waals surface area contributed by atoms with Gasteiger partial charge in [-0.25, -0.2) is 0 Å². The molecule has 0 fully saturated rings.